The summed E-state index contributed by atoms with van der Waals surface area (Å²) in [6, 6.07) is 13.9. The number of benzene rings is 2. The highest BCUT2D eigenvalue weighted by Crippen LogP contribution is 2.31. The van der Waals surface area contributed by atoms with Crippen LogP contribution in [0.25, 0.3) is 6.08 Å². The molecule has 1 N–H and O–H groups in total. The molecule has 0 aromatic heterocycles. The molecule has 4 nitrogen and oxygen atoms in total. The maximum atomic E-state index is 11.9. The average molecular weight is 492 g/mol. The quantitative estimate of drug-likeness (QED) is 0.282. The number of halogens is 1. The maximum absolute atomic E-state index is 11.9. The van der Waals surface area contributed by atoms with Gasteiger partial charge in [0.1, 0.15) is 29.0 Å². The number of hydrogen-bond donors (Lipinski definition) is 1. The third-order valence-corrected chi connectivity index (χ3v) is 6.23. The Labute approximate surface area is 189 Å². The lowest BCUT2D eigenvalue weighted by Gasteiger charge is -2.12. The normalized spacial score (nSPS) is 16.0. The summed E-state index contributed by atoms with van der Waals surface area (Å²) < 4.78 is 13.1. The third kappa shape index (κ3) is 6.07. The lowest BCUT2D eigenvalue weighted by molar-refractivity contribution is -0.115. The van der Waals surface area contributed by atoms with Crippen molar-refractivity contribution in [2.24, 2.45) is 0 Å². The van der Waals surface area contributed by atoms with Gasteiger partial charge in [0.25, 0.3) is 5.91 Å². The first-order valence-electron chi connectivity index (χ1n) is 9.36. The van der Waals surface area contributed by atoms with Crippen molar-refractivity contribution in [3.8, 4) is 11.5 Å². The molecule has 7 heteroatoms. The number of nitrogens with one attached hydrogen (secondary N) is 1. The third-order valence-electron chi connectivity index (χ3n) is 4.57. The minimum Gasteiger partial charge on any atom is -0.490 e. The summed E-state index contributed by atoms with van der Waals surface area (Å²) in [7, 11) is 0. The molecule has 2 aromatic rings. The van der Waals surface area contributed by atoms with Crippen molar-refractivity contribution in [2.45, 2.75) is 26.2 Å². The minimum atomic E-state index is -0.185. The van der Waals surface area contributed by atoms with Crippen molar-refractivity contribution in [2.75, 3.05) is 13.2 Å². The number of hydrogen-bond acceptors (Lipinski definition) is 5. The summed E-state index contributed by atoms with van der Waals surface area (Å²) >= 11 is 9.76. The standard InChI is InChI=1S/C22H22BrNO3S2/c1-3-14(2)15-4-7-18(8-5-15)26-10-11-27-19-9-6-17(23)12-16(19)13-20-21(25)24-22(28)29-20/h4-9,12-14H,3,10-11H2,1-2H3,(H,24,25,28)/b20-13+/t14-/m0/s1. The van der Waals surface area contributed by atoms with Gasteiger partial charge in [-0.05, 0) is 54.3 Å². The number of carbonyl (C=O) groups is 1. The molecule has 1 amide bonds. The van der Waals surface area contributed by atoms with Crippen LogP contribution in [0.15, 0.2) is 51.8 Å². The number of amides is 1. The Kier molecular flexibility index (Phi) is 7.75. The molecule has 0 bridgehead atoms. The molecule has 1 saturated heterocycles. The fourth-order valence-electron chi connectivity index (χ4n) is 2.77. The van der Waals surface area contributed by atoms with E-state index < -0.39 is 0 Å². The molecule has 3 rings (SSSR count). The molecule has 1 aliphatic heterocycles. The molecule has 29 heavy (non-hydrogen) atoms. The van der Waals surface area contributed by atoms with Crippen LogP contribution in [0.4, 0.5) is 0 Å². The van der Waals surface area contributed by atoms with Gasteiger partial charge in [-0.15, -0.1) is 0 Å². The lowest BCUT2D eigenvalue weighted by Crippen LogP contribution is -2.17. The van der Waals surface area contributed by atoms with Crippen LogP contribution in [0, 0.1) is 0 Å². The molecule has 1 fully saturated rings. The molecule has 1 heterocycles. The van der Waals surface area contributed by atoms with Gasteiger partial charge < -0.3 is 14.8 Å². The number of rotatable bonds is 8. The van der Waals surface area contributed by atoms with E-state index in [0.717, 1.165) is 22.2 Å². The Balaban J connectivity index is 1.59. The molecule has 1 atom stereocenters. The van der Waals surface area contributed by atoms with Gasteiger partial charge in [-0.25, -0.2) is 0 Å². The SMILES string of the molecule is CC[C@H](C)c1ccc(OCCOc2ccc(Br)cc2/C=C2/SC(=S)NC2=O)cc1. The highest BCUT2D eigenvalue weighted by Gasteiger charge is 2.22. The van der Waals surface area contributed by atoms with E-state index in [-0.39, 0.29) is 5.91 Å². The van der Waals surface area contributed by atoms with Crippen molar-refractivity contribution in [1.82, 2.24) is 5.32 Å². The number of thiocarbonyl (C=S) groups is 1. The minimum absolute atomic E-state index is 0.185. The summed E-state index contributed by atoms with van der Waals surface area (Å²) in [5, 5.41) is 2.62. The van der Waals surface area contributed by atoms with Crippen LogP contribution in [0.3, 0.4) is 0 Å². The molecule has 0 aliphatic carbocycles. The van der Waals surface area contributed by atoms with E-state index in [0.29, 0.717) is 34.1 Å². The molecule has 2 aromatic carbocycles. The van der Waals surface area contributed by atoms with E-state index in [4.69, 9.17) is 21.7 Å². The predicted octanol–water partition coefficient (Wildman–Crippen LogP) is 5.91. The van der Waals surface area contributed by atoms with Crippen LogP contribution in [0.2, 0.25) is 0 Å². The summed E-state index contributed by atoms with van der Waals surface area (Å²) in [4.78, 5) is 12.5. The largest absolute Gasteiger partial charge is 0.490 e. The van der Waals surface area contributed by atoms with Gasteiger partial charge in [-0.2, -0.15) is 0 Å². The first-order chi connectivity index (χ1) is 14.0. The summed E-state index contributed by atoms with van der Waals surface area (Å²) in [5.74, 6) is 1.87. The van der Waals surface area contributed by atoms with Crippen LogP contribution in [0.1, 0.15) is 37.3 Å². The lowest BCUT2D eigenvalue weighted by atomic mass is 9.99. The summed E-state index contributed by atoms with van der Waals surface area (Å²) in [6.45, 7) is 5.22. The maximum Gasteiger partial charge on any atom is 0.263 e. The van der Waals surface area contributed by atoms with Gasteiger partial charge in [-0.3, -0.25) is 4.79 Å². The van der Waals surface area contributed by atoms with Gasteiger partial charge in [0.05, 0.1) is 4.91 Å². The number of thioether (sulfide) groups is 1. The van der Waals surface area contributed by atoms with Crippen LogP contribution in [-0.4, -0.2) is 23.4 Å². The second kappa shape index (κ2) is 10.3. The topological polar surface area (TPSA) is 47.6 Å². The van der Waals surface area contributed by atoms with E-state index >= 15 is 0 Å². The summed E-state index contributed by atoms with van der Waals surface area (Å²) in [5.41, 5.74) is 2.12. The molecular weight excluding hydrogens is 470 g/mol. The number of ether oxygens (including phenoxy) is 2. The van der Waals surface area contributed by atoms with E-state index in [2.05, 4.69) is 47.2 Å². The Morgan fingerprint density at radius 2 is 1.90 bits per heavy atom. The van der Waals surface area contributed by atoms with Crippen molar-refractivity contribution < 1.29 is 14.3 Å². The van der Waals surface area contributed by atoms with Crippen molar-refractivity contribution >= 4 is 56.2 Å². The monoisotopic (exact) mass is 491 g/mol. The second-order valence-electron chi connectivity index (χ2n) is 6.61. The zero-order chi connectivity index (χ0) is 20.8. The fraction of sp³-hybridized carbons (Fsp3) is 0.273. The molecule has 0 radical (unpaired) electrons. The highest BCUT2D eigenvalue weighted by molar-refractivity contribution is 9.10. The Hall–Kier alpha value is -1.83. The Morgan fingerprint density at radius 1 is 1.17 bits per heavy atom. The molecular formula is C22H22BrNO3S2. The van der Waals surface area contributed by atoms with Gasteiger partial charge in [0, 0.05) is 10.0 Å². The first kappa shape index (κ1) is 21.9. The van der Waals surface area contributed by atoms with Gasteiger partial charge >= 0.3 is 0 Å². The van der Waals surface area contributed by atoms with Crippen molar-refractivity contribution in [1.29, 1.82) is 0 Å². The molecule has 1 aliphatic rings. The zero-order valence-corrected chi connectivity index (χ0v) is 19.5. The van der Waals surface area contributed by atoms with Crippen LogP contribution < -0.4 is 14.8 Å². The van der Waals surface area contributed by atoms with Gasteiger partial charge in [0.15, 0.2) is 0 Å². The Bertz CT molecular complexity index is 928. The second-order valence-corrected chi connectivity index (χ2v) is 9.24. The Morgan fingerprint density at radius 3 is 2.55 bits per heavy atom. The van der Waals surface area contributed by atoms with E-state index in [1.54, 1.807) is 6.08 Å². The van der Waals surface area contributed by atoms with E-state index in [1.807, 2.05) is 30.3 Å². The molecule has 0 unspecified atom stereocenters. The van der Waals surface area contributed by atoms with Crippen LogP contribution >= 0.6 is 39.9 Å². The van der Waals surface area contributed by atoms with Gasteiger partial charge in [-0.1, -0.05) is 65.9 Å². The van der Waals surface area contributed by atoms with Gasteiger partial charge in [0.2, 0.25) is 0 Å². The van der Waals surface area contributed by atoms with Crippen LogP contribution in [-0.2, 0) is 4.79 Å². The molecule has 0 saturated carbocycles. The molecule has 152 valence electrons. The molecule has 0 spiro atoms. The van der Waals surface area contributed by atoms with E-state index in [9.17, 15) is 4.79 Å². The number of carbonyl (C=O) groups excluding carboxylic acids is 1. The smallest absolute Gasteiger partial charge is 0.263 e. The van der Waals surface area contributed by atoms with E-state index in [1.165, 1.54) is 17.3 Å². The zero-order valence-electron chi connectivity index (χ0n) is 16.2. The highest BCUT2D eigenvalue weighted by atomic mass is 79.9. The average Bonchev–Trinajstić information content (AvgIpc) is 3.03. The van der Waals surface area contributed by atoms with Crippen molar-refractivity contribution in [3.63, 3.8) is 0 Å². The summed E-state index contributed by atoms with van der Waals surface area (Å²) in [6.07, 6.45) is 2.90. The first-order valence-corrected chi connectivity index (χ1v) is 11.4. The fourth-order valence-corrected chi connectivity index (χ4v) is 4.18. The predicted molar refractivity (Wildman–Crippen MR) is 127 cm³/mol. The van der Waals surface area contributed by atoms with Crippen LogP contribution in [0.5, 0.6) is 11.5 Å². The van der Waals surface area contributed by atoms with Crippen molar-refractivity contribution in [3.05, 3.63) is 63.0 Å².